The maximum atomic E-state index is 14.0. The maximum absolute atomic E-state index is 14.0. The number of thiazole rings is 1. The van der Waals surface area contributed by atoms with Gasteiger partial charge in [-0.25, -0.2) is 9.78 Å². The van der Waals surface area contributed by atoms with Gasteiger partial charge in [0.05, 0.1) is 18.0 Å². The third-order valence-corrected chi connectivity index (χ3v) is 8.86. The van der Waals surface area contributed by atoms with E-state index in [4.69, 9.17) is 4.74 Å². The van der Waals surface area contributed by atoms with Gasteiger partial charge in [-0.1, -0.05) is 24.3 Å². The van der Waals surface area contributed by atoms with Crippen molar-refractivity contribution in [2.24, 2.45) is 0 Å². The Labute approximate surface area is 209 Å². The lowest BCUT2D eigenvalue weighted by Crippen LogP contribution is -2.57. The van der Waals surface area contributed by atoms with Crippen LogP contribution >= 0.6 is 11.3 Å². The number of aromatic nitrogens is 2. The Hall–Kier alpha value is -2.75. The first-order chi connectivity index (χ1) is 17.0. The van der Waals surface area contributed by atoms with Gasteiger partial charge in [-0.15, -0.1) is 11.3 Å². The minimum atomic E-state index is -0.773. The highest BCUT2D eigenvalue weighted by Gasteiger charge is 2.59. The number of likely N-dealkylation sites (tertiary alicyclic amines) is 1. The number of methoxy groups -OCH3 is 1. The molecule has 2 fully saturated rings. The van der Waals surface area contributed by atoms with Crippen molar-refractivity contribution >= 4 is 28.2 Å². The van der Waals surface area contributed by atoms with Crippen LogP contribution in [0.2, 0.25) is 0 Å². The lowest BCUT2D eigenvalue weighted by molar-refractivity contribution is -0.137. The highest BCUT2D eigenvalue weighted by molar-refractivity contribution is 7.15. The number of fused-ring (bicyclic) bond motifs is 2. The molecule has 0 atom stereocenters. The normalized spacial score (nSPS) is 20.6. The van der Waals surface area contributed by atoms with Gasteiger partial charge in [0.2, 0.25) is 0 Å². The van der Waals surface area contributed by atoms with E-state index in [-0.39, 0.29) is 18.0 Å². The fraction of sp³-hybridized carbons (Fsp3) is 0.500. The monoisotopic (exact) mass is 493 g/mol. The molecule has 2 saturated heterocycles. The van der Waals surface area contributed by atoms with Crippen LogP contribution < -0.4 is 0 Å². The van der Waals surface area contributed by atoms with E-state index in [2.05, 4.69) is 44.9 Å². The summed E-state index contributed by atoms with van der Waals surface area (Å²) in [5.41, 5.74) is 3.97. The summed E-state index contributed by atoms with van der Waals surface area (Å²) in [6, 6.07) is 8.04. The van der Waals surface area contributed by atoms with Crippen molar-refractivity contribution in [1.82, 2.24) is 24.1 Å². The third kappa shape index (κ3) is 3.59. The molecule has 0 radical (unpaired) electrons. The van der Waals surface area contributed by atoms with Crippen LogP contribution in [0.5, 0.6) is 0 Å². The van der Waals surface area contributed by atoms with Gasteiger partial charge in [-0.3, -0.25) is 19.0 Å². The molecule has 1 spiro atoms. The number of ether oxygens (including phenoxy) is 1. The van der Waals surface area contributed by atoms with Crippen molar-refractivity contribution in [2.75, 3.05) is 33.4 Å². The molecule has 184 valence electrons. The summed E-state index contributed by atoms with van der Waals surface area (Å²) in [6.07, 6.45) is 4.84. The van der Waals surface area contributed by atoms with Crippen LogP contribution in [-0.4, -0.2) is 81.0 Å². The van der Waals surface area contributed by atoms with E-state index in [9.17, 15) is 9.59 Å². The van der Waals surface area contributed by atoms with Gasteiger partial charge in [-0.05, 0) is 43.7 Å². The minimum absolute atomic E-state index is 0.0168. The number of imide groups is 1. The molecule has 0 bridgehead atoms. The molecule has 4 heterocycles. The number of amides is 3. The van der Waals surface area contributed by atoms with E-state index in [0.29, 0.717) is 26.0 Å². The molecule has 9 heteroatoms. The van der Waals surface area contributed by atoms with E-state index in [1.807, 2.05) is 17.0 Å². The van der Waals surface area contributed by atoms with Crippen LogP contribution in [0.3, 0.4) is 0 Å². The molecule has 3 amide bonds. The minimum Gasteiger partial charge on any atom is -0.383 e. The first kappa shape index (κ1) is 22.7. The van der Waals surface area contributed by atoms with Crippen molar-refractivity contribution in [1.29, 1.82) is 0 Å². The van der Waals surface area contributed by atoms with Gasteiger partial charge in [0, 0.05) is 50.9 Å². The van der Waals surface area contributed by atoms with E-state index in [1.54, 1.807) is 23.3 Å². The number of urea groups is 1. The Morgan fingerprint density at radius 1 is 1.14 bits per heavy atom. The maximum Gasteiger partial charge on any atom is 0.328 e. The van der Waals surface area contributed by atoms with Crippen molar-refractivity contribution in [3.05, 3.63) is 58.4 Å². The van der Waals surface area contributed by atoms with Gasteiger partial charge in [-0.2, -0.15) is 0 Å². The largest absolute Gasteiger partial charge is 0.383 e. The number of piperidine rings is 1. The summed E-state index contributed by atoms with van der Waals surface area (Å²) in [7, 11) is 1.64. The number of carbonyl (C=O) groups is 2. The topological polar surface area (TPSA) is 70.4 Å². The SMILES string of the molecule is COCCN1C(=O)N(C2Cc3ccccc3C2)C(=O)C12CCN(Cc1c(C)nc3sccn13)CC2. The fourth-order valence-corrected chi connectivity index (χ4v) is 6.96. The van der Waals surface area contributed by atoms with Crippen LogP contribution in [0.4, 0.5) is 4.79 Å². The Balaban J connectivity index is 1.22. The molecular formula is C26H31N5O3S. The first-order valence-corrected chi connectivity index (χ1v) is 13.2. The van der Waals surface area contributed by atoms with Gasteiger partial charge in [0.15, 0.2) is 4.96 Å². The number of imidazole rings is 1. The number of benzene rings is 1. The predicted molar refractivity (Wildman–Crippen MR) is 134 cm³/mol. The van der Waals surface area contributed by atoms with Crippen LogP contribution in [0.1, 0.15) is 35.4 Å². The van der Waals surface area contributed by atoms with Gasteiger partial charge >= 0.3 is 6.03 Å². The molecule has 35 heavy (non-hydrogen) atoms. The Bertz CT molecular complexity index is 1250. The number of hydrogen-bond donors (Lipinski definition) is 0. The van der Waals surface area contributed by atoms with E-state index in [0.717, 1.165) is 43.1 Å². The molecular weight excluding hydrogens is 462 g/mol. The van der Waals surface area contributed by atoms with Gasteiger partial charge in [0.25, 0.3) is 5.91 Å². The molecule has 1 aromatic carbocycles. The average Bonchev–Trinajstić information content (AvgIpc) is 3.59. The molecule has 0 N–H and O–H groups in total. The first-order valence-electron chi connectivity index (χ1n) is 12.4. The Kier molecular flexibility index (Phi) is 5.66. The molecule has 8 nitrogen and oxygen atoms in total. The van der Waals surface area contributed by atoms with E-state index < -0.39 is 5.54 Å². The van der Waals surface area contributed by atoms with Crippen LogP contribution in [-0.2, 0) is 28.9 Å². The van der Waals surface area contributed by atoms with Crippen molar-refractivity contribution < 1.29 is 14.3 Å². The number of rotatable bonds is 6. The highest BCUT2D eigenvalue weighted by Crippen LogP contribution is 2.40. The number of hydrogen-bond acceptors (Lipinski definition) is 6. The summed E-state index contributed by atoms with van der Waals surface area (Å²) < 4.78 is 7.49. The summed E-state index contributed by atoms with van der Waals surface area (Å²) in [4.78, 5) is 39.2. The van der Waals surface area contributed by atoms with Crippen LogP contribution in [0.15, 0.2) is 35.8 Å². The number of nitrogens with zero attached hydrogens (tertiary/aromatic N) is 5. The van der Waals surface area contributed by atoms with Crippen molar-refractivity contribution in [3.8, 4) is 0 Å². The van der Waals surface area contributed by atoms with Crippen molar-refractivity contribution in [3.63, 3.8) is 0 Å². The fourth-order valence-electron chi connectivity index (χ4n) is 6.18. The third-order valence-electron chi connectivity index (χ3n) is 8.10. The Morgan fingerprint density at radius 2 is 1.86 bits per heavy atom. The summed E-state index contributed by atoms with van der Waals surface area (Å²) in [5.74, 6) is -0.0168. The molecule has 0 unspecified atom stereocenters. The molecule has 3 aliphatic rings. The van der Waals surface area contributed by atoms with Gasteiger partial charge in [0.1, 0.15) is 5.54 Å². The Morgan fingerprint density at radius 3 is 2.54 bits per heavy atom. The lowest BCUT2D eigenvalue weighted by atomic mass is 9.85. The van der Waals surface area contributed by atoms with Crippen LogP contribution in [0, 0.1) is 6.92 Å². The summed E-state index contributed by atoms with van der Waals surface area (Å²) in [6.45, 7) is 5.24. The average molecular weight is 494 g/mol. The molecule has 3 aromatic rings. The second-order valence-corrected chi connectivity index (χ2v) is 10.8. The van der Waals surface area contributed by atoms with E-state index >= 15 is 0 Å². The zero-order valence-electron chi connectivity index (χ0n) is 20.3. The number of aryl methyl sites for hydroxylation is 1. The van der Waals surface area contributed by atoms with E-state index in [1.165, 1.54) is 16.8 Å². The predicted octanol–water partition coefficient (Wildman–Crippen LogP) is 3.12. The standard InChI is InChI=1S/C26H31N5O3S/c1-18-22(29-12-14-35-24(29)27-18)17-28-9-7-26(8-10-28)23(32)31(25(33)30(26)11-13-34-2)21-15-19-5-3-4-6-20(19)16-21/h3-6,12,14,21H,7-11,13,15-17H2,1-2H3. The summed E-state index contributed by atoms with van der Waals surface area (Å²) >= 11 is 1.64. The highest BCUT2D eigenvalue weighted by atomic mass is 32.1. The van der Waals surface area contributed by atoms with Gasteiger partial charge < -0.3 is 9.64 Å². The van der Waals surface area contributed by atoms with Crippen LogP contribution in [0.25, 0.3) is 4.96 Å². The quantitative estimate of drug-likeness (QED) is 0.494. The lowest BCUT2D eigenvalue weighted by Gasteiger charge is -2.42. The molecule has 2 aromatic heterocycles. The smallest absolute Gasteiger partial charge is 0.328 e. The van der Waals surface area contributed by atoms with Crippen molar-refractivity contribution in [2.45, 2.75) is 50.7 Å². The zero-order chi connectivity index (χ0) is 24.2. The molecule has 1 aliphatic carbocycles. The second kappa shape index (κ2) is 8.72. The summed E-state index contributed by atoms with van der Waals surface area (Å²) in [5, 5.41) is 2.06. The molecule has 6 rings (SSSR count). The molecule has 0 saturated carbocycles. The second-order valence-electron chi connectivity index (χ2n) is 9.94. The number of carbonyl (C=O) groups excluding carboxylic acids is 2. The molecule has 2 aliphatic heterocycles. The zero-order valence-corrected chi connectivity index (χ0v) is 21.1.